The lowest BCUT2D eigenvalue weighted by molar-refractivity contribution is -0.394. The van der Waals surface area contributed by atoms with Crippen LogP contribution >= 0.6 is 0 Å². The Morgan fingerprint density at radius 3 is 2.95 bits per heavy atom. The standard InChI is InChI=1S/C11H7FN6O2/c12-6-2-1-3-7(4-6)15-10-8-9(14-5-13-8)16-11(17-10)18(19)20/h1-5H,(H2,13,14,15,16,17). The van der Waals surface area contributed by atoms with Crippen molar-refractivity contribution in [1.82, 2.24) is 19.9 Å². The first-order valence-corrected chi connectivity index (χ1v) is 5.51. The van der Waals surface area contributed by atoms with Crippen LogP contribution in [0, 0.1) is 15.9 Å². The van der Waals surface area contributed by atoms with Gasteiger partial charge in [0.2, 0.25) is 5.82 Å². The lowest BCUT2D eigenvalue weighted by atomic mass is 10.3. The van der Waals surface area contributed by atoms with Gasteiger partial charge in [0.15, 0.2) is 5.52 Å². The van der Waals surface area contributed by atoms with E-state index in [9.17, 15) is 14.5 Å². The molecule has 3 rings (SSSR count). The maximum Gasteiger partial charge on any atom is 0.473 e. The van der Waals surface area contributed by atoms with Crippen LogP contribution in [0.2, 0.25) is 0 Å². The molecule has 0 amide bonds. The molecule has 0 aliphatic heterocycles. The van der Waals surface area contributed by atoms with Gasteiger partial charge in [0, 0.05) is 5.69 Å². The second kappa shape index (κ2) is 4.53. The maximum absolute atomic E-state index is 13.1. The van der Waals surface area contributed by atoms with Crippen LogP contribution < -0.4 is 5.32 Å². The molecule has 8 nitrogen and oxygen atoms in total. The SMILES string of the molecule is O=[N+]([O-])c1nc(Nc2cccc(F)c2)c2[nH]cnc2n1. The zero-order valence-corrected chi connectivity index (χ0v) is 9.87. The molecule has 3 aromatic rings. The third kappa shape index (κ3) is 2.11. The van der Waals surface area contributed by atoms with Gasteiger partial charge in [-0.15, -0.1) is 0 Å². The summed E-state index contributed by atoms with van der Waals surface area (Å²) in [5, 5.41) is 13.6. The van der Waals surface area contributed by atoms with Crippen LogP contribution in [0.1, 0.15) is 0 Å². The number of hydrogen-bond donors (Lipinski definition) is 2. The molecule has 2 heterocycles. The molecule has 0 spiro atoms. The van der Waals surface area contributed by atoms with Crippen LogP contribution in [0.25, 0.3) is 11.2 Å². The van der Waals surface area contributed by atoms with E-state index in [1.54, 1.807) is 6.07 Å². The minimum atomic E-state index is -0.717. The Labute approximate surface area is 110 Å². The minimum absolute atomic E-state index is 0.157. The van der Waals surface area contributed by atoms with Crippen LogP contribution in [0.15, 0.2) is 30.6 Å². The second-order valence-electron chi connectivity index (χ2n) is 3.87. The van der Waals surface area contributed by atoms with Crippen LogP contribution in [0.5, 0.6) is 0 Å². The largest absolute Gasteiger partial charge is 0.473 e. The molecule has 0 aliphatic rings. The summed E-state index contributed by atoms with van der Waals surface area (Å²) < 4.78 is 13.1. The van der Waals surface area contributed by atoms with Crippen LogP contribution in [-0.2, 0) is 0 Å². The van der Waals surface area contributed by atoms with Gasteiger partial charge < -0.3 is 20.4 Å². The van der Waals surface area contributed by atoms with Gasteiger partial charge in [-0.05, 0) is 33.1 Å². The number of hydrogen-bond acceptors (Lipinski definition) is 6. The van der Waals surface area contributed by atoms with E-state index in [0.717, 1.165) is 0 Å². The van der Waals surface area contributed by atoms with Crippen molar-refractivity contribution in [2.75, 3.05) is 5.32 Å². The molecule has 0 fully saturated rings. The predicted octanol–water partition coefficient (Wildman–Crippen LogP) is 2.14. The van der Waals surface area contributed by atoms with E-state index in [1.807, 2.05) is 0 Å². The van der Waals surface area contributed by atoms with E-state index >= 15 is 0 Å². The molecule has 100 valence electrons. The Hall–Kier alpha value is -3.10. The highest BCUT2D eigenvalue weighted by atomic mass is 19.1. The van der Waals surface area contributed by atoms with Crippen molar-refractivity contribution in [1.29, 1.82) is 0 Å². The quantitative estimate of drug-likeness (QED) is 0.559. The molecule has 0 atom stereocenters. The molecule has 9 heteroatoms. The number of imidazole rings is 1. The Morgan fingerprint density at radius 2 is 2.20 bits per heavy atom. The first-order chi connectivity index (χ1) is 9.63. The number of aromatic amines is 1. The van der Waals surface area contributed by atoms with Crippen LogP contribution in [0.3, 0.4) is 0 Å². The molecule has 0 saturated carbocycles. The lowest BCUT2D eigenvalue weighted by Gasteiger charge is -2.03. The van der Waals surface area contributed by atoms with Crippen molar-refractivity contribution in [3.8, 4) is 0 Å². The average Bonchev–Trinajstić information content (AvgIpc) is 2.87. The van der Waals surface area contributed by atoms with E-state index in [1.165, 1.54) is 24.5 Å². The number of fused-ring (bicyclic) bond motifs is 1. The van der Waals surface area contributed by atoms with Crippen LogP contribution in [0.4, 0.5) is 21.8 Å². The van der Waals surface area contributed by atoms with E-state index in [4.69, 9.17) is 0 Å². The number of aromatic nitrogens is 4. The molecule has 20 heavy (non-hydrogen) atoms. The topological polar surface area (TPSA) is 110 Å². The summed E-state index contributed by atoms with van der Waals surface area (Å²) >= 11 is 0. The van der Waals surface area contributed by atoms with Gasteiger partial charge in [0.05, 0.1) is 6.33 Å². The first-order valence-electron chi connectivity index (χ1n) is 5.51. The highest BCUT2D eigenvalue weighted by molar-refractivity contribution is 5.85. The van der Waals surface area contributed by atoms with Crippen LogP contribution in [-0.4, -0.2) is 24.9 Å². The number of rotatable bonds is 3. The van der Waals surface area contributed by atoms with E-state index in [2.05, 4.69) is 25.3 Å². The Kier molecular flexibility index (Phi) is 2.71. The fourth-order valence-corrected chi connectivity index (χ4v) is 1.70. The van der Waals surface area contributed by atoms with Crippen molar-refractivity contribution in [3.63, 3.8) is 0 Å². The second-order valence-corrected chi connectivity index (χ2v) is 3.87. The van der Waals surface area contributed by atoms with Gasteiger partial charge in [-0.25, -0.2) is 9.37 Å². The summed E-state index contributed by atoms with van der Waals surface area (Å²) in [6.45, 7) is 0. The highest BCUT2D eigenvalue weighted by Crippen LogP contribution is 2.23. The van der Waals surface area contributed by atoms with Crippen molar-refractivity contribution < 1.29 is 9.31 Å². The summed E-state index contributed by atoms with van der Waals surface area (Å²) in [6, 6.07) is 5.66. The van der Waals surface area contributed by atoms with Gasteiger partial charge in [-0.2, -0.15) is 0 Å². The Morgan fingerprint density at radius 1 is 1.35 bits per heavy atom. The van der Waals surface area contributed by atoms with Gasteiger partial charge in [-0.3, -0.25) is 0 Å². The molecular formula is C11H7FN6O2. The fourth-order valence-electron chi connectivity index (χ4n) is 1.70. The number of nitrogens with zero attached hydrogens (tertiary/aromatic N) is 4. The summed E-state index contributed by atoms with van der Waals surface area (Å²) in [7, 11) is 0. The number of nitro groups is 1. The zero-order chi connectivity index (χ0) is 14.1. The fraction of sp³-hybridized carbons (Fsp3) is 0. The lowest BCUT2D eigenvalue weighted by Crippen LogP contribution is -2.02. The molecule has 2 N–H and O–H groups in total. The van der Waals surface area contributed by atoms with Crippen molar-refractivity contribution in [2.24, 2.45) is 0 Å². The minimum Gasteiger partial charge on any atom is -0.390 e. The maximum atomic E-state index is 13.1. The van der Waals surface area contributed by atoms with Crippen molar-refractivity contribution >= 4 is 28.6 Å². The Balaban J connectivity index is 2.09. The average molecular weight is 274 g/mol. The summed E-state index contributed by atoms with van der Waals surface area (Å²) in [5.74, 6) is -0.854. The molecule has 0 aliphatic carbocycles. The normalized spacial score (nSPS) is 10.7. The monoisotopic (exact) mass is 274 g/mol. The number of benzene rings is 1. The third-order valence-corrected chi connectivity index (χ3v) is 2.52. The smallest absolute Gasteiger partial charge is 0.390 e. The molecule has 2 aromatic heterocycles. The number of H-pyrrole nitrogens is 1. The molecular weight excluding hydrogens is 267 g/mol. The molecule has 0 unspecified atom stereocenters. The Bertz CT molecular complexity index is 802. The van der Waals surface area contributed by atoms with E-state index < -0.39 is 16.7 Å². The highest BCUT2D eigenvalue weighted by Gasteiger charge is 2.19. The van der Waals surface area contributed by atoms with Crippen molar-refractivity contribution in [2.45, 2.75) is 0 Å². The van der Waals surface area contributed by atoms with Gasteiger partial charge in [-0.1, -0.05) is 6.07 Å². The summed E-state index contributed by atoms with van der Waals surface area (Å²) in [5.41, 5.74) is 0.972. The van der Waals surface area contributed by atoms with Crippen molar-refractivity contribution in [3.05, 3.63) is 46.5 Å². The van der Waals surface area contributed by atoms with Gasteiger partial charge in [0.1, 0.15) is 5.82 Å². The van der Waals surface area contributed by atoms with Gasteiger partial charge in [0.25, 0.3) is 5.65 Å². The first kappa shape index (κ1) is 12.0. The molecule has 1 aromatic carbocycles. The number of nitrogens with one attached hydrogen (secondary N) is 2. The molecule has 0 radical (unpaired) electrons. The molecule has 0 bridgehead atoms. The van der Waals surface area contributed by atoms with Gasteiger partial charge >= 0.3 is 5.95 Å². The van der Waals surface area contributed by atoms with E-state index in [-0.39, 0.29) is 11.5 Å². The predicted molar refractivity (Wildman–Crippen MR) is 68.0 cm³/mol. The zero-order valence-electron chi connectivity index (χ0n) is 9.87. The van der Waals surface area contributed by atoms with E-state index in [0.29, 0.717) is 11.2 Å². The third-order valence-electron chi connectivity index (χ3n) is 2.52. The number of halogens is 1. The summed E-state index contributed by atoms with van der Waals surface area (Å²) in [4.78, 5) is 24.2. The number of anilines is 2. The molecule has 0 saturated heterocycles. The summed E-state index contributed by atoms with van der Waals surface area (Å²) in [6.07, 6.45) is 1.35.